The number of halogens is 1. The van der Waals surface area contributed by atoms with Crippen LogP contribution in [0, 0.1) is 6.42 Å². The summed E-state index contributed by atoms with van der Waals surface area (Å²) in [5, 5.41) is 21.3. The van der Waals surface area contributed by atoms with Gasteiger partial charge in [0.05, 0.1) is 11.1 Å². The standard InChI is InChI=1S/C13H17.2C11H8O2.ClH.Ti/c1-3-7-12-10(5-1)9-11-6-2-4-8-13(11)12;2*12-11(13)10-7-3-5-8-4-1-2-6-9(8)10;;/h5H,1-4,6-9H2;2*1-7H,(H,12,13);1H;/q-1;;;;+2/p-1. The van der Waals surface area contributed by atoms with E-state index < -0.39 is 11.9 Å². The molecule has 0 atom stereocenters. The van der Waals surface area contributed by atoms with E-state index in [-0.39, 0.29) is 34.1 Å². The number of rotatable bonds is 2. The number of hydrogen-bond donors (Lipinski definition) is 2. The zero-order chi connectivity index (χ0) is 27.2. The molecule has 0 bridgehead atoms. The molecular weight excluding hydrogens is 568 g/mol. The fourth-order valence-electron chi connectivity index (χ4n) is 5.94. The summed E-state index contributed by atoms with van der Waals surface area (Å²) in [7, 11) is 0. The fourth-order valence-corrected chi connectivity index (χ4v) is 5.94. The van der Waals surface area contributed by atoms with Crippen molar-refractivity contribution < 1.29 is 53.9 Å². The van der Waals surface area contributed by atoms with Crippen LogP contribution < -0.4 is 12.4 Å². The van der Waals surface area contributed by atoms with Crippen LogP contribution in [0.1, 0.15) is 72.1 Å². The smallest absolute Gasteiger partial charge is 1.00 e. The number of carboxylic acid groups (broad SMARTS) is 2. The molecule has 0 aliphatic heterocycles. The van der Waals surface area contributed by atoms with Gasteiger partial charge in [0.15, 0.2) is 0 Å². The van der Waals surface area contributed by atoms with Gasteiger partial charge in [-0.2, -0.15) is 5.57 Å². The Hall–Kier alpha value is -3.31. The van der Waals surface area contributed by atoms with Gasteiger partial charge in [-0.3, -0.25) is 0 Å². The molecule has 0 fully saturated rings. The summed E-state index contributed by atoms with van der Waals surface area (Å²) in [5.41, 5.74) is 7.78. The summed E-state index contributed by atoms with van der Waals surface area (Å²) in [6.07, 6.45) is 13.6. The largest absolute Gasteiger partial charge is 2.00 e. The number of allylic oxidation sites excluding steroid dienone is 4. The van der Waals surface area contributed by atoms with E-state index in [2.05, 4.69) is 6.42 Å². The van der Waals surface area contributed by atoms with Crippen molar-refractivity contribution in [2.75, 3.05) is 0 Å². The Kier molecular flexibility index (Phi) is 11.8. The molecule has 3 aliphatic rings. The predicted octanol–water partition coefficient (Wildman–Crippen LogP) is 6.02. The second-order valence-corrected chi connectivity index (χ2v) is 10.2. The van der Waals surface area contributed by atoms with Gasteiger partial charge < -0.3 is 22.6 Å². The molecule has 0 unspecified atom stereocenters. The maximum Gasteiger partial charge on any atom is 2.00 e. The zero-order valence-corrected chi connectivity index (χ0v) is 25.2. The molecule has 208 valence electrons. The zero-order valence-electron chi connectivity index (χ0n) is 22.9. The monoisotopic (exact) mass is 600 g/mol. The van der Waals surface area contributed by atoms with Gasteiger partial charge in [-0.1, -0.05) is 97.6 Å². The van der Waals surface area contributed by atoms with Crippen LogP contribution in [0.5, 0.6) is 0 Å². The Morgan fingerprint density at radius 2 is 1.10 bits per heavy atom. The first-order valence-electron chi connectivity index (χ1n) is 13.7. The van der Waals surface area contributed by atoms with Crippen LogP contribution in [0.4, 0.5) is 0 Å². The van der Waals surface area contributed by atoms with Crippen molar-refractivity contribution in [1.29, 1.82) is 0 Å². The second-order valence-electron chi connectivity index (χ2n) is 10.2. The molecule has 0 saturated heterocycles. The van der Waals surface area contributed by atoms with Gasteiger partial charge in [0, 0.05) is 0 Å². The minimum atomic E-state index is -0.878. The Labute approximate surface area is 262 Å². The minimum absolute atomic E-state index is 0. The molecule has 3 aliphatic carbocycles. The van der Waals surface area contributed by atoms with E-state index in [0.29, 0.717) is 11.1 Å². The van der Waals surface area contributed by atoms with Crippen molar-refractivity contribution in [3.8, 4) is 0 Å². The molecule has 0 saturated carbocycles. The van der Waals surface area contributed by atoms with Crippen LogP contribution in [0.2, 0.25) is 0 Å². The van der Waals surface area contributed by atoms with Crippen molar-refractivity contribution in [3.05, 3.63) is 125 Å². The first kappa shape index (κ1) is 32.2. The van der Waals surface area contributed by atoms with E-state index in [1.807, 2.05) is 60.7 Å². The van der Waals surface area contributed by atoms with E-state index in [1.54, 1.807) is 46.6 Å². The normalized spacial score (nSPS) is 15.0. The average molecular weight is 601 g/mol. The summed E-state index contributed by atoms with van der Waals surface area (Å²) in [5.74, 6) is -1.76. The molecule has 2 N–H and O–H groups in total. The second kappa shape index (κ2) is 15.1. The molecule has 0 spiro atoms. The van der Waals surface area contributed by atoms with Crippen molar-refractivity contribution >= 4 is 33.5 Å². The molecule has 0 radical (unpaired) electrons. The van der Waals surface area contributed by atoms with Crippen LogP contribution in [0.3, 0.4) is 0 Å². The van der Waals surface area contributed by atoms with Crippen molar-refractivity contribution in [3.63, 3.8) is 0 Å². The van der Waals surface area contributed by atoms with E-state index in [9.17, 15) is 9.59 Å². The Bertz CT molecular complexity index is 1470. The predicted molar refractivity (Wildman–Crippen MR) is 157 cm³/mol. The van der Waals surface area contributed by atoms with E-state index in [1.165, 1.54) is 51.4 Å². The minimum Gasteiger partial charge on any atom is -1.00 e. The summed E-state index contributed by atoms with van der Waals surface area (Å²) in [6, 6.07) is 25.5. The first-order chi connectivity index (χ1) is 19.0. The number of carbonyl (C=O) groups is 2. The Morgan fingerprint density at radius 1 is 0.610 bits per heavy atom. The van der Waals surface area contributed by atoms with Crippen molar-refractivity contribution in [2.24, 2.45) is 0 Å². The molecule has 0 heterocycles. The van der Waals surface area contributed by atoms with Crippen LogP contribution in [-0.4, -0.2) is 22.2 Å². The molecule has 4 aromatic rings. The first-order valence-corrected chi connectivity index (χ1v) is 13.7. The van der Waals surface area contributed by atoms with E-state index >= 15 is 0 Å². The molecule has 0 amide bonds. The molecule has 4 aromatic carbocycles. The van der Waals surface area contributed by atoms with Crippen LogP contribution in [-0.2, 0) is 21.7 Å². The summed E-state index contributed by atoms with van der Waals surface area (Å²) in [6.45, 7) is 0. The number of hydrogen-bond acceptors (Lipinski definition) is 2. The topological polar surface area (TPSA) is 74.6 Å². The quantitative estimate of drug-likeness (QED) is 0.218. The number of carboxylic acids is 2. The SMILES string of the molecule is O=C(O)c1cccc2ccccc12.O=C(O)c1cccc2ccccc12.[CH-]1CCCC2=C1CC1=C2CCCC1.[Cl-].[Ti+2]. The average Bonchev–Trinajstić information content (AvgIpc) is 3.36. The molecule has 0 aromatic heterocycles. The maximum atomic E-state index is 10.8. The molecule has 7 rings (SSSR count). The van der Waals surface area contributed by atoms with E-state index in [4.69, 9.17) is 10.2 Å². The third kappa shape index (κ3) is 7.51. The number of aromatic carboxylic acids is 2. The van der Waals surface area contributed by atoms with Gasteiger partial charge >= 0.3 is 33.7 Å². The molecule has 6 heteroatoms. The Morgan fingerprint density at radius 3 is 1.66 bits per heavy atom. The molecule has 41 heavy (non-hydrogen) atoms. The number of fused-ring (bicyclic) bond motifs is 3. The summed E-state index contributed by atoms with van der Waals surface area (Å²) >= 11 is 0. The van der Waals surface area contributed by atoms with E-state index in [0.717, 1.165) is 21.5 Å². The Balaban J connectivity index is 0.000000165. The van der Waals surface area contributed by atoms with Crippen molar-refractivity contribution in [2.45, 2.75) is 51.4 Å². The van der Waals surface area contributed by atoms with Crippen molar-refractivity contribution in [1.82, 2.24) is 0 Å². The van der Waals surface area contributed by atoms with Gasteiger partial charge in [0.2, 0.25) is 0 Å². The van der Waals surface area contributed by atoms with Crippen LogP contribution in [0.15, 0.2) is 107 Å². The third-order valence-corrected chi connectivity index (χ3v) is 7.80. The van der Waals surface area contributed by atoms with Gasteiger partial charge in [0.25, 0.3) is 0 Å². The van der Waals surface area contributed by atoms with Crippen LogP contribution >= 0.6 is 0 Å². The van der Waals surface area contributed by atoms with Crippen LogP contribution in [0.25, 0.3) is 21.5 Å². The molecular formula is C35H33ClO4Ti. The van der Waals surface area contributed by atoms with Gasteiger partial charge in [-0.25, -0.2) is 21.6 Å². The fraction of sp³-hybridized carbons (Fsp3) is 0.229. The summed E-state index contributed by atoms with van der Waals surface area (Å²) < 4.78 is 0. The van der Waals surface area contributed by atoms with Gasteiger partial charge in [0.1, 0.15) is 0 Å². The summed E-state index contributed by atoms with van der Waals surface area (Å²) in [4.78, 5) is 21.6. The maximum absolute atomic E-state index is 10.8. The number of benzene rings is 4. The van der Waals surface area contributed by atoms with Gasteiger partial charge in [-0.15, -0.1) is 12.0 Å². The third-order valence-electron chi connectivity index (χ3n) is 7.80. The van der Waals surface area contributed by atoms with Gasteiger partial charge in [-0.05, 0) is 59.4 Å². The molecule has 4 nitrogen and oxygen atoms in total.